The Morgan fingerprint density at radius 3 is 1.17 bits per heavy atom. The number of fused-ring (bicyclic) bond motifs is 24. The second-order valence-electron chi connectivity index (χ2n) is 31.6. The fourth-order valence-electron chi connectivity index (χ4n) is 17.3. The predicted octanol–water partition coefficient (Wildman–Crippen LogP) is 25.2. The van der Waals surface area contributed by atoms with Crippen LogP contribution in [0.3, 0.4) is 0 Å². The van der Waals surface area contributed by atoms with Crippen molar-refractivity contribution in [1.82, 2.24) is 19.9 Å². The summed E-state index contributed by atoms with van der Waals surface area (Å²) in [6.07, 6.45) is 10.3. The van der Waals surface area contributed by atoms with Crippen LogP contribution in [-0.4, -0.2) is 19.9 Å². The van der Waals surface area contributed by atoms with Crippen molar-refractivity contribution in [3.63, 3.8) is 0 Å². The summed E-state index contributed by atoms with van der Waals surface area (Å²) in [7, 11) is 7.46. The molecule has 0 unspecified atom stereocenters. The summed E-state index contributed by atoms with van der Waals surface area (Å²) in [5.41, 5.74) is 29.4. The van der Waals surface area contributed by atoms with E-state index in [0.717, 1.165) is 232 Å². The topological polar surface area (TPSA) is 172 Å². The molecule has 0 bridgehead atoms. The molecule has 16 heteroatoms. The summed E-state index contributed by atoms with van der Waals surface area (Å²) in [6, 6.07) is 59.6. The van der Waals surface area contributed by atoms with Gasteiger partial charge in [0.05, 0.1) is 38.4 Å². The van der Waals surface area contributed by atoms with Crippen molar-refractivity contribution in [2.45, 2.75) is 82.8 Å². The Morgan fingerprint density at radius 1 is 0.242 bits per heavy atom. The lowest BCUT2D eigenvalue weighted by Gasteiger charge is -2.07. The third kappa shape index (κ3) is 11.6. The van der Waals surface area contributed by atoms with E-state index in [9.17, 15) is 0 Å². The van der Waals surface area contributed by atoms with E-state index in [1.807, 2.05) is 272 Å². The Kier molecular flexibility index (Phi) is 13.9. The van der Waals surface area contributed by atoms with Crippen LogP contribution in [0.1, 0.15) is 83.2 Å². The van der Waals surface area contributed by atoms with Gasteiger partial charge in [-0.05, 0) is 206 Å². The normalized spacial score (nSPS) is 13.9. The van der Waals surface area contributed by atoms with Crippen molar-refractivity contribution in [2.75, 3.05) is 0 Å². The largest absolute Gasteiger partial charge is 0.456 e. The monoisotopic (exact) mass is 1580 g/mol. The molecule has 0 saturated carbocycles. The van der Waals surface area contributed by atoms with Gasteiger partial charge in [0, 0.05) is 129 Å². The average molecular weight is 1590 g/mol. The van der Waals surface area contributed by atoms with Crippen LogP contribution in [0.4, 0.5) is 0 Å². The van der Waals surface area contributed by atoms with Gasteiger partial charge in [0.2, 0.25) is 39.9 Å². The molecule has 16 heterocycles. The van der Waals surface area contributed by atoms with E-state index in [4.69, 9.17) is 66.7 Å². The van der Waals surface area contributed by atoms with E-state index in [1.54, 1.807) is 31.0 Å². The van der Waals surface area contributed by atoms with E-state index in [-0.39, 0.29) is 0 Å². The fraction of sp³-hybridized carbons (Fsp3) is 0.154. The van der Waals surface area contributed by atoms with Crippen LogP contribution >= 0.6 is 0 Å². The number of nitrogens with zero attached hydrogens (tertiary/aromatic N) is 8. The van der Waals surface area contributed by atoms with E-state index in [2.05, 4.69) is 23.2 Å². The number of para-hydroxylation sites is 3. The smallest absolute Gasteiger partial charge is 0.228 e. The van der Waals surface area contributed by atoms with E-state index in [1.165, 1.54) is 0 Å². The zero-order chi connectivity index (χ0) is 92.3. The van der Waals surface area contributed by atoms with Crippen molar-refractivity contribution < 1.29 is 70.1 Å². The minimum Gasteiger partial charge on any atom is -0.456 e. The predicted molar refractivity (Wildman–Crippen MR) is 478 cm³/mol. The molecular weight excluding hydrogens is 1490 g/mol. The number of pyridine rings is 8. The SMILES string of the molecule is [2H]C([2H])([2H])c1c[n+](C)c(-c2c(C)ccc3c2oc2cc4c(cc23)oc2ncccc24)cc1C.[2H]C([2H])([2H])c1c[n+](C)c(-c2c(C)ccc3c2oc2cc4c(nc23)oc2ccccc24)cc1C.[2H]C([2H])([2H])c1c[n+](C)c(-c2c(C)ccc3c2oc2nc4c(cc23)oc2ccccc24)cc1C.[2H]C([2H])([2H])c1c[n+](C)c(-c2c(C)cnc3c2oc2cc4c(cc23)oc2ccccc24)cc1C. The Hall–Kier alpha value is -14.6. The quantitative estimate of drug-likeness (QED) is 0.153. The summed E-state index contributed by atoms with van der Waals surface area (Å²) in [4.78, 5) is 18.6. The maximum Gasteiger partial charge on any atom is 0.228 e. The summed E-state index contributed by atoms with van der Waals surface area (Å²) >= 11 is 0. The van der Waals surface area contributed by atoms with Gasteiger partial charge in [-0.25, -0.2) is 33.2 Å². The van der Waals surface area contributed by atoms with Gasteiger partial charge in [-0.1, -0.05) is 78.9 Å². The van der Waals surface area contributed by atoms with E-state index < -0.39 is 27.4 Å². The molecule has 0 aliphatic heterocycles. The van der Waals surface area contributed by atoms with Gasteiger partial charge in [0.25, 0.3) is 0 Å². The van der Waals surface area contributed by atoms with Crippen molar-refractivity contribution in [3.05, 3.63) is 286 Å². The van der Waals surface area contributed by atoms with Crippen LogP contribution in [0.15, 0.2) is 255 Å². The van der Waals surface area contributed by atoms with E-state index >= 15 is 0 Å². The summed E-state index contributed by atoms with van der Waals surface area (Å²) in [6.45, 7) is 6.77. The van der Waals surface area contributed by atoms with Crippen LogP contribution in [0.5, 0.6) is 0 Å². The molecule has 0 aliphatic rings. The highest BCUT2D eigenvalue weighted by molar-refractivity contribution is 6.19. The molecule has 0 spiro atoms. The van der Waals surface area contributed by atoms with Gasteiger partial charge in [0.1, 0.15) is 89.4 Å². The number of hydrogen-bond acceptors (Lipinski definition) is 12. The standard InChI is InChI=1S/4C26H21N2O2/c1-14-7-8-17-19-11-23-20(18-6-5-9-27-26(18)30-23)12-22(19)29-25(17)24(14)21-10-15(2)16(3)13-28(21)4;1-14-9-20(28(4)13-16(14)3)24-15(2)12-27-25-19-11-22-18(10-23(19)30-26(24)25)17-7-5-6-8-21(17)29-22;1-14-9-10-17-19-12-22-24(18-7-5-6-8-21(18)29-22)27-26(19)30-25(17)23(14)20-11-15(2)16(3)13-28(20)4;1-14-9-10-18-24-22(12-19-17-7-5-6-8-21(17)30-26(19)27-24)29-25(18)23(14)20-11-15(2)16(3)13-28(20)4/h4*5-13H,1-4H3/q4*+1/i4*3D3. The van der Waals surface area contributed by atoms with Crippen LogP contribution in [-0.2, 0) is 28.2 Å². The number of furan rings is 8. The highest BCUT2D eigenvalue weighted by Crippen LogP contribution is 2.46. The first kappa shape index (κ1) is 60.8. The molecule has 0 atom stereocenters. The molecule has 0 N–H and O–H groups in total. The zero-order valence-electron chi connectivity index (χ0n) is 79.6. The molecule has 0 aliphatic carbocycles. The molecule has 16 aromatic heterocycles. The molecule has 0 fully saturated rings. The summed E-state index contributed by atoms with van der Waals surface area (Å²) in [5.74, 6) is 0. The van der Waals surface area contributed by atoms with Gasteiger partial charge in [-0.15, -0.1) is 0 Å². The Morgan fingerprint density at radius 2 is 0.600 bits per heavy atom. The molecule has 8 aromatic carbocycles. The number of benzene rings is 8. The van der Waals surface area contributed by atoms with Crippen LogP contribution in [0, 0.1) is 82.8 Å². The first-order valence-corrected chi connectivity index (χ1v) is 39.5. The van der Waals surface area contributed by atoms with Gasteiger partial charge >= 0.3 is 0 Å². The number of hydrogen-bond donors (Lipinski definition) is 0. The van der Waals surface area contributed by atoms with Crippen LogP contribution < -0.4 is 18.3 Å². The molecule has 0 amide bonds. The number of rotatable bonds is 4. The maximum absolute atomic E-state index is 7.83. The zero-order valence-corrected chi connectivity index (χ0v) is 67.6. The summed E-state index contributed by atoms with van der Waals surface area (Å²) in [5, 5.41) is 12.4. The first-order chi connectivity index (χ1) is 62.9. The average Bonchev–Trinajstić information content (AvgIpc) is 1.69. The highest BCUT2D eigenvalue weighted by atomic mass is 16.4. The Labute approximate surface area is 704 Å². The first-order valence-electron chi connectivity index (χ1n) is 45.5. The molecule has 0 radical (unpaired) electrons. The van der Waals surface area contributed by atoms with Crippen molar-refractivity contribution in [3.8, 4) is 45.0 Å². The molecule has 584 valence electrons. The van der Waals surface area contributed by atoms with Crippen LogP contribution in [0.25, 0.3) is 221 Å². The van der Waals surface area contributed by atoms with Gasteiger partial charge in [-0.3, -0.25) is 4.98 Å². The molecule has 24 aromatic rings. The molecule has 16 nitrogen and oxygen atoms in total. The molecule has 120 heavy (non-hydrogen) atoms. The second-order valence-corrected chi connectivity index (χ2v) is 31.6. The minimum absolute atomic E-state index is 0.341. The van der Waals surface area contributed by atoms with Crippen molar-refractivity contribution >= 4 is 176 Å². The minimum atomic E-state index is -2.17. The lowest BCUT2D eigenvalue weighted by atomic mass is 9.99. The van der Waals surface area contributed by atoms with E-state index in [0.29, 0.717) is 56.1 Å². The Bertz CT molecular complexity index is 8010. The third-order valence-corrected chi connectivity index (χ3v) is 23.7. The van der Waals surface area contributed by atoms with Crippen molar-refractivity contribution in [1.29, 1.82) is 0 Å². The van der Waals surface area contributed by atoms with Crippen LogP contribution in [0.2, 0.25) is 0 Å². The Balaban J connectivity index is 0.000000106. The fourth-order valence-corrected chi connectivity index (χ4v) is 17.3. The lowest BCUT2D eigenvalue weighted by molar-refractivity contribution is -0.660. The highest BCUT2D eigenvalue weighted by Gasteiger charge is 2.30. The molecular formula is C104H84N8O8+4. The van der Waals surface area contributed by atoms with Crippen molar-refractivity contribution in [2.24, 2.45) is 28.2 Å². The van der Waals surface area contributed by atoms with Gasteiger partial charge < -0.3 is 35.3 Å². The lowest BCUT2D eigenvalue weighted by Crippen LogP contribution is -2.31. The number of aromatic nitrogens is 8. The third-order valence-electron chi connectivity index (χ3n) is 23.7. The number of aryl methyl sites for hydroxylation is 16. The molecule has 0 saturated heterocycles. The summed E-state index contributed by atoms with van der Waals surface area (Å²) < 4.78 is 151. The maximum atomic E-state index is 7.83. The van der Waals surface area contributed by atoms with Gasteiger partial charge in [-0.2, -0.15) is 0 Å². The van der Waals surface area contributed by atoms with Gasteiger partial charge in [0.15, 0.2) is 52.7 Å². The molecule has 24 rings (SSSR count). The second kappa shape index (κ2) is 27.5.